The number of methoxy groups -OCH3 is 2. The number of amides is 5. The van der Waals surface area contributed by atoms with Gasteiger partial charge in [-0.05, 0) is 113 Å². The summed E-state index contributed by atoms with van der Waals surface area (Å²) in [5.74, 6) is 0.523. The Kier molecular flexibility index (Phi) is 17.9. The van der Waals surface area contributed by atoms with Gasteiger partial charge in [0.05, 0.1) is 63.4 Å². The number of halogens is 2. The predicted molar refractivity (Wildman–Crippen MR) is 322 cm³/mol. The number of ether oxygens (including phenoxy) is 5. The van der Waals surface area contributed by atoms with Crippen LogP contribution in [0.1, 0.15) is 127 Å². The van der Waals surface area contributed by atoms with E-state index in [1.807, 2.05) is 58.5 Å². The van der Waals surface area contributed by atoms with E-state index in [1.54, 1.807) is 54.7 Å². The number of hydrogen-bond acceptors (Lipinski definition) is 15. The molecule has 11 rings (SSSR count). The van der Waals surface area contributed by atoms with E-state index in [-0.39, 0.29) is 75.6 Å². The van der Waals surface area contributed by atoms with E-state index in [2.05, 4.69) is 34.7 Å². The van der Waals surface area contributed by atoms with Crippen molar-refractivity contribution in [2.75, 3.05) is 73.2 Å². The zero-order valence-corrected chi connectivity index (χ0v) is 51.8. The summed E-state index contributed by atoms with van der Waals surface area (Å²) in [6.07, 6.45) is 5.43. The Bertz CT molecular complexity index is 3490. The third-order valence-electron chi connectivity index (χ3n) is 18.2. The van der Waals surface area contributed by atoms with Crippen LogP contribution < -0.4 is 24.8 Å². The van der Waals surface area contributed by atoms with Crippen molar-refractivity contribution < 1.29 is 52.5 Å². The van der Waals surface area contributed by atoms with Gasteiger partial charge in [-0.1, -0.05) is 48.2 Å². The molecule has 86 heavy (non-hydrogen) atoms. The minimum absolute atomic E-state index is 0.0244. The molecule has 5 aromatic rings. The first kappa shape index (κ1) is 60.6. The zero-order chi connectivity index (χ0) is 60.6. The molecule has 4 fully saturated rings. The van der Waals surface area contributed by atoms with Crippen molar-refractivity contribution in [2.24, 2.45) is 21.7 Å². The first-order valence-corrected chi connectivity index (χ1v) is 31.1. The number of nitrogens with zero attached hydrogens (tertiary/aromatic N) is 7. The Labute approximate surface area is 514 Å². The summed E-state index contributed by atoms with van der Waals surface area (Å²) < 4.78 is 31.5. The Balaban J connectivity index is 0.693. The average Bonchev–Trinajstić information content (AvgIpc) is 1.51. The number of esters is 1. The molecular formula is C63H73Cl2N9O11S. The summed E-state index contributed by atoms with van der Waals surface area (Å²) in [4.78, 5) is 95.2. The van der Waals surface area contributed by atoms with E-state index in [4.69, 9.17) is 51.9 Å². The number of carbonyl (C=O) groups is 6. The highest BCUT2D eigenvalue weighted by molar-refractivity contribution is 7.15. The van der Waals surface area contributed by atoms with Crippen LogP contribution in [0.25, 0.3) is 5.00 Å². The van der Waals surface area contributed by atoms with Crippen molar-refractivity contribution in [1.29, 1.82) is 0 Å². The van der Waals surface area contributed by atoms with E-state index >= 15 is 4.79 Å². The fourth-order valence-electron chi connectivity index (χ4n) is 13.0. The quantitative estimate of drug-likeness (QED) is 0.0555. The second-order valence-electron chi connectivity index (χ2n) is 23.8. The molecule has 5 amide bonds. The molecule has 2 N–H and O–H groups in total. The van der Waals surface area contributed by atoms with Crippen molar-refractivity contribution >= 4 is 75.8 Å². The number of aryl methyl sites for hydroxylation is 2. The molecule has 6 aliphatic rings. The summed E-state index contributed by atoms with van der Waals surface area (Å²) in [5, 5.41) is 16.3. The van der Waals surface area contributed by atoms with Crippen molar-refractivity contribution in [2.45, 2.75) is 117 Å². The van der Waals surface area contributed by atoms with Gasteiger partial charge in [-0.2, -0.15) is 0 Å². The second kappa shape index (κ2) is 25.3. The predicted octanol–water partition coefficient (Wildman–Crippen LogP) is 8.17. The fraction of sp³-hybridized carbons (Fsp3) is 0.508. The SMILES string of the molecule is COc1ccc(COC(=O)[C@@]2(C)CCCC[C@H]2C(=O)N2CCc3c(Cl)ccc(O[C@H]4CCN(C(=O)COCCNC(=O)CNC(=O)C[C@@H]5N=C(c6ccc(Cl)cc6)c6c(sc(C)c6C)-n6c(C)nnc65)C4)c3[C@H]2CN2CC3(CC3)CC2=O)c(OC)c1. The number of hydrogen-bond donors (Lipinski definition) is 2. The van der Waals surface area contributed by atoms with Crippen molar-refractivity contribution in [3.8, 4) is 22.2 Å². The van der Waals surface area contributed by atoms with Crippen molar-refractivity contribution in [3.63, 3.8) is 0 Å². The lowest BCUT2D eigenvalue weighted by Gasteiger charge is -2.45. The highest BCUT2D eigenvalue weighted by atomic mass is 35.5. The van der Waals surface area contributed by atoms with Crippen molar-refractivity contribution in [1.82, 2.24) is 40.1 Å². The minimum Gasteiger partial charge on any atom is -0.497 e. The summed E-state index contributed by atoms with van der Waals surface area (Å²) in [6.45, 7) is 9.31. The van der Waals surface area contributed by atoms with Crippen LogP contribution in [-0.2, 0) is 51.3 Å². The molecule has 2 aromatic heterocycles. The van der Waals surface area contributed by atoms with Crippen LogP contribution in [0.3, 0.4) is 0 Å². The molecule has 5 atom stereocenters. The van der Waals surface area contributed by atoms with Crippen LogP contribution in [0, 0.1) is 37.5 Å². The van der Waals surface area contributed by atoms with E-state index < -0.39 is 47.3 Å². The lowest BCUT2D eigenvalue weighted by atomic mass is 9.66. The molecule has 4 aliphatic heterocycles. The van der Waals surface area contributed by atoms with Gasteiger partial charge in [-0.25, -0.2) is 0 Å². The Morgan fingerprint density at radius 3 is 2.44 bits per heavy atom. The molecule has 0 radical (unpaired) electrons. The number of nitrogens with one attached hydrogen (secondary N) is 2. The maximum atomic E-state index is 15.4. The second-order valence-corrected chi connectivity index (χ2v) is 25.9. The molecule has 456 valence electrons. The molecule has 2 saturated carbocycles. The first-order chi connectivity index (χ1) is 41.4. The smallest absolute Gasteiger partial charge is 0.312 e. The van der Waals surface area contributed by atoms with Gasteiger partial charge in [0.15, 0.2) is 5.82 Å². The van der Waals surface area contributed by atoms with Gasteiger partial charge in [0.2, 0.25) is 29.5 Å². The van der Waals surface area contributed by atoms with Gasteiger partial charge in [0, 0.05) is 88.8 Å². The number of aromatic nitrogens is 3. The number of likely N-dealkylation sites (tertiary alicyclic amines) is 2. The van der Waals surface area contributed by atoms with E-state index in [0.29, 0.717) is 102 Å². The van der Waals surface area contributed by atoms with Gasteiger partial charge in [-0.15, -0.1) is 21.5 Å². The van der Waals surface area contributed by atoms with E-state index in [0.717, 1.165) is 63.4 Å². The highest BCUT2D eigenvalue weighted by Gasteiger charge is 2.54. The topological polar surface area (TPSA) is 225 Å². The Morgan fingerprint density at radius 2 is 1.69 bits per heavy atom. The number of thiophene rings is 1. The third-order valence-corrected chi connectivity index (χ3v) is 20.0. The molecule has 1 spiro atoms. The normalized spacial score (nSPS) is 21.9. The number of rotatable bonds is 20. The van der Waals surface area contributed by atoms with Gasteiger partial charge >= 0.3 is 5.97 Å². The van der Waals surface area contributed by atoms with Gasteiger partial charge in [-0.3, -0.25) is 38.3 Å². The summed E-state index contributed by atoms with van der Waals surface area (Å²) >= 11 is 14.9. The maximum absolute atomic E-state index is 15.4. The monoisotopic (exact) mass is 1230 g/mol. The zero-order valence-electron chi connectivity index (χ0n) is 49.4. The maximum Gasteiger partial charge on any atom is 0.312 e. The van der Waals surface area contributed by atoms with Gasteiger partial charge in [0.25, 0.3) is 0 Å². The summed E-state index contributed by atoms with van der Waals surface area (Å²) in [7, 11) is 3.11. The molecule has 0 bridgehead atoms. The molecule has 3 aromatic carbocycles. The van der Waals surface area contributed by atoms with Crippen LogP contribution in [0.2, 0.25) is 10.0 Å². The average molecular weight is 1240 g/mol. The standard InChI is InChI=1S/C63H73Cl2N9O11S/c1-36-37(2)86-60-55(36)57(39-10-13-41(64)14-11-39)68-47(58-70-69-38(3)74(58)60)28-51(75)67-30-52(76)66-23-26-83-34-54(78)71-24-18-43(31-71)85-49-17-16-46(65)44-19-25-73(48(56(44)49)32-72-35-63(21-22-63)29-53(72)77)59(79)45-9-7-8-20-62(45,4)61(80)84-33-40-12-15-42(81-5)27-50(40)82-6/h10-17,27,43,45,47-48H,7-9,18-26,28-35H2,1-6H3,(H,66,76)(H,67,75)/t43-,45-,47-,48+,62-/m0/s1. The molecule has 20 nitrogen and oxygen atoms in total. The van der Waals surface area contributed by atoms with Gasteiger partial charge in [0.1, 0.15) is 53.4 Å². The number of carbonyl (C=O) groups excluding carboxylic acids is 6. The lowest BCUT2D eigenvalue weighted by Crippen LogP contribution is -2.53. The fourth-order valence-corrected chi connectivity index (χ4v) is 14.6. The van der Waals surface area contributed by atoms with Gasteiger partial charge < -0.3 is 49.0 Å². The van der Waals surface area contributed by atoms with Crippen LogP contribution in [0.15, 0.2) is 59.6 Å². The van der Waals surface area contributed by atoms with E-state index in [1.165, 1.54) is 0 Å². The largest absolute Gasteiger partial charge is 0.497 e. The molecule has 2 aliphatic carbocycles. The van der Waals surface area contributed by atoms with Crippen LogP contribution in [-0.4, -0.2) is 150 Å². The molecular weight excluding hydrogens is 1160 g/mol. The van der Waals surface area contributed by atoms with Crippen LogP contribution >= 0.6 is 34.5 Å². The van der Waals surface area contributed by atoms with Crippen LogP contribution in [0.5, 0.6) is 17.2 Å². The minimum atomic E-state index is -1.12. The molecule has 0 unspecified atom stereocenters. The summed E-state index contributed by atoms with van der Waals surface area (Å²) in [5.41, 5.74) is 4.68. The summed E-state index contributed by atoms with van der Waals surface area (Å²) in [6, 6.07) is 15.0. The Morgan fingerprint density at radius 1 is 0.884 bits per heavy atom. The Hall–Kier alpha value is -7.07. The third kappa shape index (κ3) is 12.4. The van der Waals surface area contributed by atoms with Crippen molar-refractivity contribution in [3.05, 3.63) is 115 Å². The molecule has 2 saturated heterocycles. The number of benzene rings is 3. The number of fused-ring (bicyclic) bond motifs is 4. The number of aliphatic imine (C=N–C) groups is 1. The highest BCUT2D eigenvalue weighted by Crippen LogP contribution is 2.54. The molecule has 6 heterocycles. The first-order valence-electron chi connectivity index (χ1n) is 29.6. The van der Waals surface area contributed by atoms with Crippen LogP contribution in [0.4, 0.5) is 0 Å². The molecule has 23 heteroatoms. The van der Waals surface area contributed by atoms with E-state index in [9.17, 15) is 24.0 Å². The lowest BCUT2D eigenvalue weighted by molar-refractivity contribution is -0.169.